The smallest absolute Gasteiger partial charge is 0.147 e. The maximum Gasteiger partial charge on any atom is 0.147 e. The first-order chi connectivity index (χ1) is 9.54. The van der Waals surface area contributed by atoms with E-state index in [0.717, 1.165) is 23.0 Å². The monoisotopic (exact) mass is 290 g/mol. The van der Waals surface area contributed by atoms with Gasteiger partial charge in [0.1, 0.15) is 24.0 Å². The Morgan fingerprint density at radius 2 is 2.00 bits per heavy atom. The van der Waals surface area contributed by atoms with Gasteiger partial charge in [-0.15, -0.1) is 0 Å². The summed E-state index contributed by atoms with van der Waals surface area (Å²) in [6, 6.07) is 7.79. The maximum absolute atomic E-state index is 5.68. The minimum absolute atomic E-state index is 0.496. The SMILES string of the molecule is Cc1nc(C)n(CCOc2ccc(CC(N)=S)cc2)n1. The minimum atomic E-state index is 0.496. The first-order valence-corrected chi connectivity index (χ1v) is 6.83. The Bertz CT molecular complexity index is 592. The van der Waals surface area contributed by atoms with Gasteiger partial charge in [0, 0.05) is 6.42 Å². The molecule has 0 unspecified atom stereocenters. The largest absolute Gasteiger partial charge is 0.492 e. The second-order valence-corrected chi connectivity index (χ2v) is 5.09. The first kappa shape index (κ1) is 14.5. The van der Waals surface area contributed by atoms with E-state index in [0.29, 0.717) is 24.6 Å². The van der Waals surface area contributed by atoms with E-state index in [1.54, 1.807) is 0 Å². The summed E-state index contributed by atoms with van der Waals surface area (Å²) in [7, 11) is 0. The first-order valence-electron chi connectivity index (χ1n) is 6.42. The highest BCUT2D eigenvalue weighted by Crippen LogP contribution is 2.12. The predicted octanol–water partition coefficient (Wildman–Crippen LogP) is 1.80. The van der Waals surface area contributed by atoms with Crippen LogP contribution in [0.15, 0.2) is 24.3 Å². The fourth-order valence-corrected chi connectivity index (χ4v) is 2.09. The molecule has 0 atom stereocenters. The van der Waals surface area contributed by atoms with Crippen molar-refractivity contribution in [3.8, 4) is 5.75 Å². The molecule has 2 N–H and O–H groups in total. The van der Waals surface area contributed by atoms with Gasteiger partial charge in [0.15, 0.2) is 0 Å². The third-order valence-electron chi connectivity index (χ3n) is 2.84. The molecule has 106 valence electrons. The molecule has 2 rings (SSSR count). The van der Waals surface area contributed by atoms with E-state index in [1.165, 1.54) is 0 Å². The molecule has 0 saturated heterocycles. The van der Waals surface area contributed by atoms with Gasteiger partial charge in [-0.1, -0.05) is 24.4 Å². The average molecular weight is 290 g/mol. The van der Waals surface area contributed by atoms with E-state index in [1.807, 2.05) is 42.8 Å². The number of hydrogen-bond acceptors (Lipinski definition) is 4. The van der Waals surface area contributed by atoms with Crippen molar-refractivity contribution in [2.45, 2.75) is 26.8 Å². The molecule has 2 aromatic rings. The Hall–Kier alpha value is -1.95. The topological polar surface area (TPSA) is 66.0 Å². The summed E-state index contributed by atoms with van der Waals surface area (Å²) in [6.45, 7) is 5.05. The summed E-state index contributed by atoms with van der Waals surface area (Å²) in [6.07, 6.45) is 0.618. The van der Waals surface area contributed by atoms with Crippen LogP contribution in [0.4, 0.5) is 0 Å². The third-order valence-corrected chi connectivity index (χ3v) is 2.98. The van der Waals surface area contributed by atoms with Crippen LogP contribution >= 0.6 is 12.2 Å². The summed E-state index contributed by atoms with van der Waals surface area (Å²) < 4.78 is 7.53. The van der Waals surface area contributed by atoms with Crippen molar-refractivity contribution in [3.05, 3.63) is 41.5 Å². The number of aromatic nitrogens is 3. The van der Waals surface area contributed by atoms with Gasteiger partial charge in [0.05, 0.1) is 11.5 Å². The number of rotatable bonds is 6. The van der Waals surface area contributed by atoms with Crippen LogP contribution in [0.3, 0.4) is 0 Å². The zero-order valence-corrected chi connectivity index (χ0v) is 12.5. The molecule has 0 radical (unpaired) electrons. The fraction of sp³-hybridized carbons (Fsp3) is 0.357. The molecule has 0 fully saturated rings. The number of ether oxygens (including phenoxy) is 1. The van der Waals surface area contributed by atoms with Gasteiger partial charge in [-0.2, -0.15) is 5.10 Å². The average Bonchev–Trinajstić information content (AvgIpc) is 2.69. The molecule has 1 heterocycles. The van der Waals surface area contributed by atoms with Crippen molar-refractivity contribution in [3.63, 3.8) is 0 Å². The van der Waals surface area contributed by atoms with E-state index in [-0.39, 0.29) is 0 Å². The second-order valence-electron chi connectivity index (χ2n) is 4.56. The molecule has 6 heteroatoms. The van der Waals surface area contributed by atoms with Crippen LogP contribution in [-0.4, -0.2) is 26.4 Å². The molecule has 0 bridgehead atoms. The predicted molar refractivity (Wildman–Crippen MR) is 81.9 cm³/mol. The zero-order chi connectivity index (χ0) is 14.5. The van der Waals surface area contributed by atoms with Crippen LogP contribution in [0.1, 0.15) is 17.2 Å². The Morgan fingerprint density at radius 3 is 2.55 bits per heavy atom. The molecule has 1 aromatic heterocycles. The number of thiocarbonyl (C=S) groups is 1. The van der Waals surface area contributed by atoms with Gasteiger partial charge in [-0.25, -0.2) is 9.67 Å². The van der Waals surface area contributed by atoms with E-state index in [9.17, 15) is 0 Å². The highest BCUT2D eigenvalue weighted by molar-refractivity contribution is 7.80. The Morgan fingerprint density at radius 1 is 1.30 bits per heavy atom. The summed E-state index contributed by atoms with van der Waals surface area (Å²) in [4.78, 5) is 4.74. The summed E-state index contributed by atoms with van der Waals surface area (Å²) in [5, 5.41) is 4.29. The van der Waals surface area contributed by atoms with E-state index >= 15 is 0 Å². The van der Waals surface area contributed by atoms with Crippen LogP contribution in [0.2, 0.25) is 0 Å². The molecule has 0 spiro atoms. The van der Waals surface area contributed by atoms with Crippen LogP contribution in [0, 0.1) is 13.8 Å². The van der Waals surface area contributed by atoms with Crippen molar-refractivity contribution in [2.24, 2.45) is 5.73 Å². The van der Waals surface area contributed by atoms with Gasteiger partial charge in [-0.05, 0) is 31.5 Å². The number of nitrogens with zero attached hydrogens (tertiary/aromatic N) is 3. The molecular weight excluding hydrogens is 272 g/mol. The van der Waals surface area contributed by atoms with Crippen molar-refractivity contribution in [1.29, 1.82) is 0 Å². The van der Waals surface area contributed by atoms with E-state index < -0.39 is 0 Å². The fourth-order valence-electron chi connectivity index (χ4n) is 1.93. The lowest BCUT2D eigenvalue weighted by atomic mass is 10.1. The van der Waals surface area contributed by atoms with Crippen molar-refractivity contribution in [1.82, 2.24) is 14.8 Å². The lowest BCUT2D eigenvalue weighted by molar-refractivity contribution is 0.289. The van der Waals surface area contributed by atoms with Crippen molar-refractivity contribution in [2.75, 3.05) is 6.61 Å². The van der Waals surface area contributed by atoms with Crippen molar-refractivity contribution >= 4 is 17.2 Å². The Labute approximate surface area is 123 Å². The normalized spacial score (nSPS) is 10.5. The molecule has 0 aliphatic carbocycles. The third kappa shape index (κ3) is 4.03. The van der Waals surface area contributed by atoms with Gasteiger partial charge < -0.3 is 10.5 Å². The van der Waals surface area contributed by atoms with Crippen LogP contribution in [0.5, 0.6) is 5.75 Å². The van der Waals surface area contributed by atoms with Gasteiger partial charge in [0.25, 0.3) is 0 Å². The molecule has 20 heavy (non-hydrogen) atoms. The summed E-state index contributed by atoms with van der Waals surface area (Å²) in [5.41, 5.74) is 6.60. The van der Waals surface area contributed by atoms with Crippen LogP contribution in [0.25, 0.3) is 0 Å². The molecule has 5 nitrogen and oxygen atoms in total. The number of nitrogens with two attached hydrogens (primary N) is 1. The molecule has 0 aliphatic rings. The molecule has 0 aliphatic heterocycles. The lowest BCUT2D eigenvalue weighted by Gasteiger charge is -2.08. The summed E-state index contributed by atoms with van der Waals surface area (Å²) >= 11 is 4.88. The highest BCUT2D eigenvalue weighted by Gasteiger charge is 2.02. The molecular formula is C14H18N4OS. The molecule has 1 aromatic carbocycles. The number of hydrogen-bond donors (Lipinski definition) is 1. The maximum atomic E-state index is 5.68. The standard InChI is InChI=1S/C14H18N4OS/c1-10-16-11(2)18(17-10)7-8-19-13-5-3-12(4-6-13)9-14(15)20/h3-6H,7-9H2,1-2H3,(H2,15,20). The molecule has 0 amide bonds. The zero-order valence-electron chi connectivity index (χ0n) is 11.7. The molecule has 0 saturated carbocycles. The van der Waals surface area contributed by atoms with Gasteiger partial charge >= 0.3 is 0 Å². The lowest BCUT2D eigenvalue weighted by Crippen LogP contribution is -2.12. The Kier molecular flexibility index (Phi) is 4.68. The second kappa shape index (κ2) is 6.47. The Balaban J connectivity index is 1.85. The van der Waals surface area contributed by atoms with Gasteiger partial charge in [-0.3, -0.25) is 0 Å². The minimum Gasteiger partial charge on any atom is -0.492 e. The highest BCUT2D eigenvalue weighted by atomic mass is 32.1. The van der Waals surface area contributed by atoms with E-state index in [4.69, 9.17) is 22.7 Å². The number of aryl methyl sites for hydroxylation is 2. The summed E-state index contributed by atoms with van der Waals surface area (Å²) in [5.74, 6) is 2.51. The van der Waals surface area contributed by atoms with Gasteiger partial charge in [0.2, 0.25) is 0 Å². The van der Waals surface area contributed by atoms with Crippen LogP contribution in [-0.2, 0) is 13.0 Å². The van der Waals surface area contributed by atoms with Crippen LogP contribution < -0.4 is 10.5 Å². The number of benzene rings is 1. The van der Waals surface area contributed by atoms with Crippen molar-refractivity contribution < 1.29 is 4.74 Å². The van der Waals surface area contributed by atoms with E-state index in [2.05, 4.69) is 10.1 Å². The quantitative estimate of drug-likeness (QED) is 0.822.